The highest BCUT2D eigenvalue weighted by atomic mass is 19.1. The Morgan fingerprint density at radius 1 is 1.00 bits per heavy atom. The number of piperidine rings is 1. The fourth-order valence-electron chi connectivity index (χ4n) is 5.96. The Kier molecular flexibility index (Phi) is 8.64. The van der Waals surface area contributed by atoms with Crippen LogP contribution in [0.2, 0.25) is 0 Å². The van der Waals surface area contributed by atoms with Gasteiger partial charge in [-0.1, -0.05) is 47.6 Å². The number of likely N-dealkylation sites (tertiary alicyclic amines) is 1. The summed E-state index contributed by atoms with van der Waals surface area (Å²) in [5, 5.41) is 13.6. The quantitative estimate of drug-likeness (QED) is 0.279. The maximum absolute atomic E-state index is 14.0. The molecule has 2 aliphatic heterocycles. The molecule has 2 fully saturated rings. The van der Waals surface area contributed by atoms with Crippen molar-refractivity contribution in [3.8, 4) is 0 Å². The predicted molar refractivity (Wildman–Crippen MR) is 155 cm³/mol. The number of aromatic carboxylic acids is 1. The van der Waals surface area contributed by atoms with Crippen molar-refractivity contribution < 1.29 is 23.9 Å². The molecule has 41 heavy (non-hydrogen) atoms. The highest BCUT2D eigenvalue weighted by Crippen LogP contribution is 2.40. The molecule has 2 heterocycles. The molecule has 0 unspecified atom stereocenters. The summed E-state index contributed by atoms with van der Waals surface area (Å²) in [4.78, 5) is 37.0. The summed E-state index contributed by atoms with van der Waals surface area (Å²) in [7, 11) is 1.51. The number of rotatable bonds is 10. The first-order valence-corrected chi connectivity index (χ1v) is 13.9. The maximum atomic E-state index is 14.0. The van der Waals surface area contributed by atoms with E-state index < -0.39 is 11.5 Å². The molecule has 0 atom stereocenters. The second-order valence-electron chi connectivity index (χ2n) is 10.6. The van der Waals surface area contributed by atoms with Gasteiger partial charge in [-0.25, -0.2) is 9.18 Å². The van der Waals surface area contributed by atoms with Crippen molar-refractivity contribution in [1.82, 2.24) is 9.80 Å². The van der Waals surface area contributed by atoms with Crippen LogP contribution in [0.25, 0.3) is 0 Å². The van der Waals surface area contributed by atoms with E-state index in [0.29, 0.717) is 32.5 Å². The second kappa shape index (κ2) is 12.5. The number of oxime groups is 1. The number of hydrogen-bond acceptors (Lipinski definition) is 6. The molecule has 8 nitrogen and oxygen atoms in total. The van der Waals surface area contributed by atoms with E-state index in [1.54, 1.807) is 30.3 Å². The minimum absolute atomic E-state index is 0.0903. The van der Waals surface area contributed by atoms with Crippen molar-refractivity contribution in [2.75, 3.05) is 38.3 Å². The van der Waals surface area contributed by atoms with Crippen molar-refractivity contribution in [2.24, 2.45) is 5.16 Å². The number of halogens is 1. The fraction of sp³-hybridized carbons (Fsp3) is 0.344. The van der Waals surface area contributed by atoms with Gasteiger partial charge < -0.3 is 24.6 Å². The van der Waals surface area contributed by atoms with Crippen molar-refractivity contribution in [3.63, 3.8) is 0 Å². The van der Waals surface area contributed by atoms with Crippen molar-refractivity contribution >= 4 is 23.3 Å². The van der Waals surface area contributed by atoms with Crippen LogP contribution >= 0.6 is 0 Å². The Labute approximate surface area is 239 Å². The molecule has 0 radical (unpaired) electrons. The largest absolute Gasteiger partial charge is 0.478 e. The molecule has 1 N–H and O–H groups in total. The summed E-state index contributed by atoms with van der Waals surface area (Å²) in [5.41, 5.74) is 3.01. The zero-order valence-corrected chi connectivity index (χ0v) is 23.2. The molecule has 0 saturated carbocycles. The minimum Gasteiger partial charge on any atom is -0.478 e. The Morgan fingerprint density at radius 3 is 2.41 bits per heavy atom. The average molecular weight is 559 g/mol. The lowest BCUT2D eigenvalue weighted by Crippen LogP contribution is -2.56. The molecule has 0 aromatic heterocycles. The first kappa shape index (κ1) is 28.3. The van der Waals surface area contributed by atoms with E-state index in [0.717, 1.165) is 48.6 Å². The molecular formula is C32H35FN4O4. The molecular weight excluding hydrogens is 523 g/mol. The third kappa shape index (κ3) is 6.25. The summed E-state index contributed by atoms with van der Waals surface area (Å²) in [5.74, 6) is -1.17. The third-order valence-corrected chi connectivity index (χ3v) is 8.08. The lowest BCUT2D eigenvalue weighted by atomic mass is 9.85. The van der Waals surface area contributed by atoms with Crippen molar-refractivity contribution in [3.05, 3.63) is 101 Å². The van der Waals surface area contributed by atoms with Gasteiger partial charge in [-0.3, -0.25) is 4.79 Å². The van der Waals surface area contributed by atoms with Gasteiger partial charge in [0.1, 0.15) is 18.5 Å². The Balaban J connectivity index is 1.26. The first-order chi connectivity index (χ1) is 19.9. The number of carboxylic acid groups (broad SMARTS) is 1. The summed E-state index contributed by atoms with van der Waals surface area (Å²) in [6, 6.07) is 23.1. The molecule has 5 rings (SSSR count). The Hall–Kier alpha value is -4.24. The molecule has 0 aliphatic carbocycles. The van der Waals surface area contributed by atoms with Crippen molar-refractivity contribution in [2.45, 2.75) is 37.8 Å². The Morgan fingerprint density at radius 2 is 1.73 bits per heavy atom. The van der Waals surface area contributed by atoms with Gasteiger partial charge in [0.15, 0.2) is 0 Å². The lowest BCUT2D eigenvalue weighted by Gasteiger charge is -2.43. The number of nitrogens with zero attached hydrogens (tertiary/aromatic N) is 4. The zero-order valence-electron chi connectivity index (χ0n) is 23.2. The van der Waals surface area contributed by atoms with E-state index in [9.17, 15) is 19.1 Å². The van der Waals surface area contributed by atoms with Crippen LogP contribution in [0.1, 0.15) is 47.2 Å². The molecule has 214 valence electrons. The number of para-hydroxylation sites is 1. The van der Waals surface area contributed by atoms with Crippen LogP contribution in [0.4, 0.5) is 10.1 Å². The molecule has 3 aromatic rings. The number of benzene rings is 3. The van der Waals surface area contributed by atoms with Crippen LogP contribution in [-0.2, 0) is 16.2 Å². The molecule has 3 aromatic carbocycles. The average Bonchev–Trinajstić information content (AvgIpc) is 3.25. The normalized spacial score (nSPS) is 17.3. The summed E-state index contributed by atoms with van der Waals surface area (Å²) >= 11 is 0. The zero-order chi connectivity index (χ0) is 28.8. The van der Waals surface area contributed by atoms with Gasteiger partial charge >= 0.3 is 5.97 Å². The number of carbonyl (C=O) groups excluding carboxylic acids is 1. The van der Waals surface area contributed by atoms with E-state index in [2.05, 4.69) is 15.0 Å². The molecule has 2 aliphatic rings. The van der Waals surface area contributed by atoms with Gasteiger partial charge in [0.2, 0.25) is 5.91 Å². The van der Waals surface area contributed by atoms with Gasteiger partial charge in [0.25, 0.3) is 0 Å². The van der Waals surface area contributed by atoms with Gasteiger partial charge in [-0.05, 0) is 79.8 Å². The van der Waals surface area contributed by atoms with Crippen LogP contribution in [0.3, 0.4) is 0 Å². The lowest BCUT2D eigenvalue weighted by molar-refractivity contribution is -0.134. The Bertz CT molecular complexity index is 1390. The van der Waals surface area contributed by atoms with Gasteiger partial charge in [0, 0.05) is 25.3 Å². The summed E-state index contributed by atoms with van der Waals surface area (Å²) < 4.78 is 13.4. The van der Waals surface area contributed by atoms with Crippen LogP contribution in [0.5, 0.6) is 0 Å². The van der Waals surface area contributed by atoms with Gasteiger partial charge in [-0.15, -0.1) is 0 Å². The minimum atomic E-state index is -0.979. The highest BCUT2D eigenvalue weighted by molar-refractivity contribution is 6.00. The van der Waals surface area contributed by atoms with Crippen LogP contribution in [0.15, 0.2) is 84.0 Å². The first-order valence-electron chi connectivity index (χ1n) is 13.9. The molecule has 9 heteroatoms. The summed E-state index contributed by atoms with van der Waals surface area (Å²) in [6.45, 7) is 3.23. The van der Waals surface area contributed by atoms with E-state index >= 15 is 0 Å². The van der Waals surface area contributed by atoms with Crippen LogP contribution in [0, 0.1) is 5.82 Å². The van der Waals surface area contributed by atoms with E-state index in [4.69, 9.17) is 4.84 Å². The summed E-state index contributed by atoms with van der Waals surface area (Å²) in [6.07, 6.45) is 2.95. The molecule has 0 bridgehead atoms. The third-order valence-electron chi connectivity index (χ3n) is 8.08. The number of hydrogen-bond donors (Lipinski definition) is 1. The van der Waals surface area contributed by atoms with Crippen LogP contribution in [-0.4, -0.2) is 71.4 Å². The number of amides is 1. The van der Waals surface area contributed by atoms with Gasteiger partial charge in [0.05, 0.1) is 17.9 Å². The van der Waals surface area contributed by atoms with E-state index in [1.807, 2.05) is 41.3 Å². The molecule has 2 saturated heterocycles. The van der Waals surface area contributed by atoms with Gasteiger partial charge in [-0.2, -0.15) is 0 Å². The van der Waals surface area contributed by atoms with Crippen LogP contribution < -0.4 is 4.90 Å². The standard InChI is InChI=1S/C32H35FN4O4/c1-41-34-29(25-12-14-27(33)15-13-25)11-6-18-35-19-16-32(17-20-35)31(40)36(23-37(32)28-9-3-2-4-10-28)22-24-7-5-8-26(21-24)30(38)39/h2-5,7-10,12-15,21H,6,11,16-20,22-23H2,1H3,(H,38,39). The van der Waals surface area contributed by atoms with Crippen molar-refractivity contribution in [1.29, 1.82) is 0 Å². The molecule has 1 amide bonds. The number of anilines is 1. The van der Waals surface area contributed by atoms with E-state index in [-0.39, 0.29) is 17.3 Å². The van der Waals surface area contributed by atoms with E-state index in [1.165, 1.54) is 19.2 Å². The monoisotopic (exact) mass is 558 g/mol. The predicted octanol–water partition coefficient (Wildman–Crippen LogP) is 5.00. The maximum Gasteiger partial charge on any atom is 0.335 e. The highest BCUT2D eigenvalue weighted by Gasteiger charge is 2.53. The molecule has 1 spiro atoms. The topological polar surface area (TPSA) is 85.7 Å². The SMILES string of the molecule is CON=C(CCCN1CCC2(CC1)C(=O)N(Cc1cccc(C(=O)O)c1)CN2c1ccccc1)c1ccc(F)cc1. The number of carbonyl (C=O) groups is 2. The second-order valence-corrected chi connectivity index (χ2v) is 10.6. The number of carboxylic acids is 1. The smallest absolute Gasteiger partial charge is 0.335 e. The fourth-order valence-corrected chi connectivity index (χ4v) is 5.96.